The quantitative estimate of drug-likeness (QED) is 0.548. The molecule has 0 heterocycles. The maximum Gasteiger partial charge on any atom is 0.317 e. The molecule has 1 rings (SSSR count). The van der Waals surface area contributed by atoms with Crippen molar-refractivity contribution >= 4 is 17.9 Å². The molecular formula is C14H25N3O4. The lowest BCUT2D eigenvalue weighted by Crippen LogP contribution is -2.43. The van der Waals surface area contributed by atoms with Crippen molar-refractivity contribution in [2.45, 2.75) is 45.6 Å². The zero-order valence-corrected chi connectivity index (χ0v) is 12.7. The number of hydrogen-bond donors (Lipinski definition) is 3. The van der Waals surface area contributed by atoms with E-state index in [9.17, 15) is 14.4 Å². The Kier molecular flexibility index (Phi) is 6.98. The number of carbonyl (C=O) groups is 3. The molecule has 0 aromatic heterocycles. The fraction of sp³-hybridized carbons (Fsp3) is 0.786. The lowest BCUT2D eigenvalue weighted by molar-refractivity contribution is -0.141. The van der Waals surface area contributed by atoms with E-state index < -0.39 is 11.9 Å². The zero-order valence-electron chi connectivity index (χ0n) is 12.7. The molecular weight excluding hydrogens is 274 g/mol. The molecule has 3 N–H and O–H groups in total. The molecule has 1 aliphatic rings. The van der Waals surface area contributed by atoms with E-state index in [-0.39, 0.29) is 18.5 Å². The van der Waals surface area contributed by atoms with Crippen LogP contribution in [0.15, 0.2) is 0 Å². The molecule has 0 spiro atoms. The minimum absolute atomic E-state index is 0.0265. The van der Waals surface area contributed by atoms with Crippen LogP contribution in [-0.2, 0) is 9.59 Å². The SMILES string of the molecule is CCN(CC(C)C(=O)O)C(=O)NCCCC(=O)NC1CC1. The molecule has 1 fully saturated rings. The Balaban J connectivity index is 2.17. The first kappa shape index (κ1) is 17.3. The monoisotopic (exact) mass is 299 g/mol. The number of carbonyl (C=O) groups excluding carboxylic acids is 2. The Hall–Kier alpha value is -1.79. The summed E-state index contributed by atoms with van der Waals surface area (Å²) < 4.78 is 0. The van der Waals surface area contributed by atoms with Crippen molar-refractivity contribution in [3.05, 3.63) is 0 Å². The number of nitrogens with zero attached hydrogens (tertiary/aromatic N) is 1. The predicted octanol–water partition coefficient (Wildman–Crippen LogP) is 0.797. The van der Waals surface area contributed by atoms with Gasteiger partial charge in [0.2, 0.25) is 5.91 Å². The van der Waals surface area contributed by atoms with Gasteiger partial charge in [0.1, 0.15) is 0 Å². The van der Waals surface area contributed by atoms with Crippen molar-refractivity contribution in [2.24, 2.45) is 5.92 Å². The van der Waals surface area contributed by atoms with E-state index in [1.54, 1.807) is 13.8 Å². The maximum absolute atomic E-state index is 11.9. The molecule has 1 atom stereocenters. The summed E-state index contributed by atoms with van der Waals surface area (Å²) in [4.78, 5) is 35.6. The van der Waals surface area contributed by atoms with Gasteiger partial charge in [-0.15, -0.1) is 0 Å². The third kappa shape index (κ3) is 6.97. The van der Waals surface area contributed by atoms with Gasteiger partial charge in [-0.1, -0.05) is 6.92 Å². The molecule has 0 saturated heterocycles. The molecule has 1 aliphatic carbocycles. The van der Waals surface area contributed by atoms with Crippen molar-refractivity contribution < 1.29 is 19.5 Å². The Morgan fingerprint density at radius 2 is 2.00 bits per heavy atom. The molecule has 0 aromatic rings. The van der Waals surface area contributed by atoms with Gasteiger partial charge < -0.3 is 20.6 Å². The summed E-state index contributed by atoms with van der Waals surface area (Å²) in [6, 6.07) is 0.0772. The molecule has 0 aliphatic heterocycles. The second-order valence-corrected chi connectivity index (χ2v) is 5.46. The van der Waals surface area contributed by atoms with Crippen LogP contribution in [0.1, 0.15) is 39.5 Å². The highest BCUT2D eigenvalue weighted by Crippen LogP contribution is 2.18. The minimum atomic E-state index is -0.919. The van der Waals surface area contributed by atoms with Crippen molar-refractivity contribution in [1.29, 1.82) is 0 Å². The minimum Gasteiger partial charge on any atom is -0.481 e. The molecule has 3 amide bonds. The highest BCUT2D eigenvalue weighted by atomic mass is 16.4. The van der Waals surface area contributed by atoms with E-state index in [1.165, 1.54) is 4.90 Å². The van der Waals surface area contributed by atoms with E-state index in [4.69, 9.17) is 5.11 Å². The van der Waals surface area contributed by atoms with Gasteiger partial charge in [0, 0.05) is 32.1 Å². The Morgan fingerprint density at radius 1 is 1.33 bits per heavy atom. The summed E-state index contributed by atoms with van der Waals surface area (Å²) >= 11 is 0. The van der Waals surface area contributed by atoms with E-state index >= 15 is 0 Å². The summed E-state index contributed by atoms with van der Waals surface area (Å²) in [7, 11) is 0. The predicted molar refractivity (Wildman–Crippen MR) is 77.8 cm³/mol. The van der Waals surface area contributed by atoms with Crippen LogP contribution >= 0.6 is 0 Å². The van der Waals surface area contributed by atoms with Crippen LogP contribution < -0.4 is 10.6 Å². The Bertz CT molecular complexity index is 382. The number of nitrogens with one attached hydrogen (secondary N) is 2. The van der Waals surface area contributed by atoms with Crippen LogP contribution in [-0.4, -0.2) is 53.6 Å². The number of carboxylic acid groups (broad SMARTS) is 1. The first-order chi connectivity index (χ1) is 9.93. The van der Waals surface area contributed by atoms with Gasteiger partial charge in [0.25, 0.3) is 0 Å². The highest BCUT2D eigenvalue weighted by molar-refractivity contribution is 5.77. The largest absolute Gasteiger partial charge is 0.481 e. The van der Waals surface area contributed by atoms with Crippen LogP contribution in [0.4, 0.5) is 4.79 Å². The number of carboxylic acids is 1. The van der Waals surface area contributed by atoms with Gasteiger partial charge in [-0.2, -0.15) is 0 Å². The van der Waals surface area contributed by atoms with E-state index in [1.807, 2.05) is 0 Å². The van der Waals surface area contributed by atoms with Crippen molar-refractivity contribution in [3.63, 3.8) is 0 Å². The van der Waals surface area contributed by atoms with Crippen molar-refractivity contribution in [2.75, 3.05) is 19.6 Å². The highest BCUT2D eigenvalue weighted by Gasteiger charge is 2.23. The summed E-state index contributed by atoms with van der Waals surface area (Å²) in [5, 5.41) is 14.5. The molecule has 1 saturated carbocycles. The normalized spacial score (nSPS) is 15.1. The van der Waals surface area contributed by atoms with Crippen LogP contribution in [0.5, 0.6) is 0 Å². The smallest absolute Gasteiger partial charge is 0.317 e. The number of hydrogen-bond acceptors (Lipinski definition) is 3. The van der Waals surface area contributed by atoms with Crippen LogP contribution in [0, 0.1) is 5.92 Å². The molecule has 0 bridgehead atoms. The maximum atomic E-state index is 11.9. The molecule has 1 unspecified atom stereocenters. The third-order valence-electron chi connectivity index (χ3n) is 3.38. The molecule has 21 heavy (non-hydrogen) atoms. The molecule has 0 radical (unpaired) electrons. The lowest BCUT2D eigenvalue weighted by Gasteiger charge is -2.23. The van der Waals surface area contributed by atoms with E-state index in [0.29, 0.717) is 32.0 Å². The topological polar surface area (TPSA) is 98.7 Å². The van der Waals surface area contributed by atoms with Gasteiger partial charge in [0.05, 0.1) is 5.92 Å². The van der Waals surface area contributed by atoms with Crippen LogP contribution in [0.25, 0.3) is 0 Å². The molecule has 7 nitrogen and oxygen atoms in total. The fourth-order valence-electron chi connectivity index (χ4n) is 1.85. The summed E-state index contributed by atoms with van der Waals surface area (Å²) in [5.41, 5.74) is 0. The summed E-state index contributed by atoms with van der Waals surface area (Å²) in [6.07, 6.45) is 3.11. The van der Waals surface area contributed by atoms with Crippen LogP contribution in [0.3, 0.4) is 0 Å². The molecule has 7 heteroatoms. The van der Waals surface area contributed by atoms with Gasteiger partial charge in [-0.3, -0.25) is 9.59 Å². The van der Waals surface area contributed by atoms with Gasteiger partial charge in [0.15, 0.2) is 0 Å². The zero-order chi connectivity index (χ0) is 15.8. The average molecular weight is 299 g/mol. The standard InChI is InChI=1S/C14H25N3O4/c1-3-17(9-10(2)13(19)20)14(21)15-8-4-5-12(18)16-11-6-7-11/h10-11H,3-9H2,1-2H3,(H,15,21)(H,16,18)(H,19,20). The Labute approximate surface area is 125 Å². The Morgan fingerprint density at radius 3 is 2.52 bits per heavy atom. The van der Waals surface area contributed by atoms with Gasteiger partial charge in [-0.05, 0) is 26.2 Å². The van der Waals surface area contributed by atoms with Crippen LogP contribution in [0.2, 0.25) is 0 Å². The fourth-order valence-corrected chi connectivity index (χ4v) is 1.85. The number of amides is 3. The molecule has 0 aromatic carbocycles. The van der Waals surface area contributed by atoms with Crippen molar-refractivity contribution in [3.8, 4) is 0 Å². The van der Waals surface area contributed by atoms with E-state index in [2.05, 4.69) is 10.6 Å². The number of rotatable bonds is 9. The second-order valence-electron chi connectivity index (χ2n) is 5.46. The van der Waals surface area contributed by atoms with Gasteiger partial charge in [-0.25, -0.2) is 4.79 Å². The second kappa shape index (κ2) is 8.49. The van der Waals surface area contributed by atoms with E-state index in [0.717, 1.165) is 12.8 Å². The van der Waals surface area contributed by atoms with Gasteiger partial charge >= 0.3 is 12.0 Å². The first-order valence-corrected chi connectivity index (χ1v) is 7.49. The first-order valence-electron chi connectivity index (χ1n) is 7.49. The number of urea groups is 1. The third-order valence-corrected chi connectivity index (χ3v) is 3.38. The molecule has 120 valence electrons. The average Bonchev–Trinajstić information content (AvgIpc) is 3.24. The lowest BCUT2D eigenvalue weighted by atomic mass is 10.2. The summed E-state index contributed by atoms with van der Waals surface area (Å²) in [6.45, 7) is 4.41. The van der Waals surface area contributed by atoms with Crippen molar-refractivity contribution in [1.82, 2.24) is 15.5 Å². The number of aliphatic carboxylic acids is 1. The summed E-state index contributed by atoms with van der Waals surface area (Å²) in [5.74, 6) is -1.49.